The van der Waals surface area contributed by atoms with Crippen LogP contribution in [0.2, 0.25) is 0 Å². The molecule has 0 amide bonds. The van der Waals surface area contributed by atoms with Gasteiger partial charge in [-0.25, -0.2) is 4.98 Å². The maximum absolute atomic E-state index is 13.0. The molecule has 0 radical (unpaired) electrons. The van der Waals surface area contributed by atoms with Crippen LogP contribution < -0.4 is 4.90 Å². The van der Waals surface area contributed by atoms with Gasteiger partial charge in [0.2, 0.25) is 0 Å². The first kappa shape index (κ1) is 17.2. The summed E-state index contributed by atoms with van der Waals surface area (Å²) >= 11 is 0. The zero-order valence-corrected chi connectivity index (χ0v) is 13.4. The Morgan fingerprint density at radius 2 is 1.84 bits per heavy atom. The lowest BCUT2D eigenvalue weighted by atomic mass is 10.1. The number of hydrogen-bond donors (Lipinski definition) is 0. The Labute approximate surface area is 143 Å². The Morgan fingerprint density at radius 1 is 1.08 bits per heavy atom. The number of rotatable bonds is 3. The molecule has 0 atom stereocenters. The summed E-state index contributed by atoms with van der Waals surface area (Å²) in [4.78, 5) is 11.8. The van der Waals surface area contributed by atoms with E-state index >= 15 is 0 Å². The molecule has 0 unspecified atom stereocenters. The SMILES string of the molecule is N#Cc1cccc(N2CCN(Cc3cccnc3C(F)(F)F)CC2)n1. The molecule has 0 spiro atoms. The number of anilines is 1. The third-order valence-corrected chi connectivity index (χ3v) is 4.10. The monoisotopic (exact) mass is 347 g/mol. The molecule has 5 nitrogen and oxygen atoms in total. The number of pyridine rings is 2. The van der Waals surface area contributed by atoms with E-state index in [-0.39, 0.29) is 12.1 Å². The largest absolute Gasteiger partial charge is 0.433 e. The van der Waals surface area contributed by atoms with Gasteiger partial charge in [-0.2, -0.15) is 18.4 Å². The van der Waals surface area contributed by atoms with Crippen molar-refractivity contribution in [2.24, 2.45) is 0 Å². The minimum atomic E-state index is -4.44. The van der Waals surface area contributed by atoms with Crippen LogP contribution in [0, 0.1) is 11.3 Å². The fourth-order valence-electron chi connectivity index (χ4n) is 2.86. The summed E-state index contributed by atoms with van der Waals surface area (Å²) in [5.74, 6) is 0.719. The molecule has 0 saturated carbocycles. The zero-order chi connectivity index (χ0) is 17.9. The summed E-state index contributed by atoms with van der Waals surface area (Å²) in [6, 6.07) is 10.3. The van der Waals surface area contributed by atoms with Gasteiger partial charge in [-0.05, 0) is 23.8 Å². The van der Waals surface area contributed by atoms with Crippen LogP contribution >= 0.6 is 0 Å². The van der Waals surface area contributed by atoms with Gasteiger partial charge >= 0.3 is 6.18 Å². The van der Waals surface area contributed by atoms with Crippen LogP contribution in [0.25, 0.3) is 0 Å². The number of nitriles is 1. The molecule has 25 heavy (non-hydrogen) atoms. The fraction of sp³-hybridized carbons (Fsp3) is 0.353. The second kappa shape index (κ2) is 7.07. The van der Waals surface area contributed by atoms with Crippen molar-refractivity contribution in [1.29, 1.82) is 5.26 Å². The summed E-state index contributed by atoms with van der Waals surface area (Å²) in [7, 11) is 0. The molecular weight excluding hydrogens is 331 g/mol. The fourth-order valence-corrected chi connectivity index (χ4v) is 2.86. The second-order valence-electron chi connectivity index (χ2n) is 5.76. The maximum Gasteiger partial charge on any atom is 0.433 e. The first-order valence-electron chi connectivity index (χ1n) is 7.83. The van der Waals surface area contributed by atoms with Gasteiger partial charge in [0.05, 0.1) is 0 Å². The highest BCUT2D eigenvalue weighted by Gasteiger charge is 2.35. The summed E-state index contributed by atoms with van der Waals surface area (Å²) in [5.41, 5.74) is -0.279. The Kier molecular flexibility index (Phi) is 4.86. The van der Waals surface area contributed by atoms with E-state index in [4.69, 9.17) is 5.26 Å². The zero-order valence-electron chi connectivity index (χ0n) is 13.4. The van der Waals surface area contributed by atoms with Gasteiger partial charge in [0.1, 0.15) is 23.3 Å². The Hall–Kier alpha value is -2.66. The number of aromatic nitrogens is 2. The number of piperazine rings is 1. The normalized spacial score (nSPS) is 15.8. The smallest absolute Gasteiger partial charge is 0.354 e. The first-order chi connectivity index (χ1) is 12.0. The number of nitrogens with zero attached hydrogens (tertiary/aromatic N) is 5. The lowest BCUT2D eigenvalue weighted by molar-refractivity contribution is -0.142. The highest BCUT2D eigenvalue weighted by molar-refractivity contribution is 5.42. The quantitative estimate of drug-likeness (QED) is 0.854. The molecule has 0 aromatic carbocycles. The molecule has 1 aliphatic heterocycles. The summed E-state index contributed by atoms with van der Waals surface area (Å²) in [5, 5.41) is 8.92. The summed E-state index contributed by atoms with van der Waals surface area (Å²) in [6.45, 7) is 2.73. The number of halogens is 3. The van der Waals surface area contributed by atoms with Gasteiger partial charge in [0.15, 0.2) is 0 Å². The van der Waals surface area contributed by atoms with Crippen molar-refractivity contribution in [2.45, 2.75) is 12.7 Å². The van der Waals surface area contributed by atoms with E-state index in [2.05, 4.69) is 9.97 Å². The van der Waals surface area contributed by atoms with Gasteiger partial charge in [-0.15, -0.1) is 0 Å². The van der Waals surface area contributed by atoms with E-state index in [9.17, 15) is 13.2 Å². The van der Waals surface area contributed by atoms with E-state index in [1.165, 1.54) is 12.1 Å². The van der Waals surface area contributed by atoms with Crippen molar-refractivity contribution in [1.82, 2.24) is 14.9 Å². The standard InChI is InChI=1S/C17H16F3N5/c18-17(19,20)16-13(3-2-6-22-16)12-24-7-9-25(10-8-24)15-5-1-4-14(11-21)23-15/h1-6H,7-10,12H2. The number of hydrogen-bond acceptors (Lipinski definition) is 5. The van der Waals surface area contributed by atoms with Crippen LogP contribution in [0.3, 0.4) is 0 Å². The van der Waals surface area contributed by atoms with Crippen molar-refractivity contribution in [2.75, 3.05) is 31.1 Å². The highest BCUT2D eigenvalue weighted by atomic mass is 19.4. The van der Waals surface area contributed by atoms with Crippen LogP contribution in [0.15, 0.2) is 36.5 Å². The van der Waals surface area contributed by atoms with Gasteiger partial charge in [0.25, 0.3) is 0 Å². The van der Waals surface area contributed by atoms with Crippen molar-refractivity contribution in [3.63, 3.8) is 0 Å². The molecule has 8 heteroatoms. The van der Waals surface area contributed by atoms with Gasteiger partial charge in [-0.3, -0.25) is 9.88 Å². The predicted octanol–water partition coefficient (Wildman–Crippen LogP) is 2.69. The Balaban J connectivity index is 1.65. The van der Waals surface area contributed by atoms with E-state index in [0.717, 1.165) is 12.0 Å². The van der Waals surface area contributed by atoms with E-state index in [0.29, 0.717) is 31.9 Å². The van der Waals surface area contributed by atoms with Crippen molar-refractivity contribution >= 4 is 5.82 Å². The molecule has 0 N–H and O–H groups in total. The van der Waals surface area contributed by atoms with Gasteiger partial charge < -0.3 is 4.90 Å². The molecular formula is C17H16F3N5. The van der Waals surface area contributed by atoms with Gasteiger partial charge in [-0.1, -0.05) is 12.1 Å². The molecule has 130 valence electrons. The Bertz CT molecular complexity index is 776. The molecule has 2 aromatic rings. The van der Waals surface area contributed by atoms with Gasteiger partial charge in [0, 0.05) is 38.9 Å². The van der Waals surface area contributed by atoms with Crippen molar-refractivity contribution < 1.29 is 13.2 Å². The molecule has 0 bridgehead atoms. The predicted molar refractivity (Wildman–Crippen MR) is 85.7 cm³/mol. The molecule has 1 aliphatic rings. The minimum absolute atomic E-state index is 0.188. The van der Waals surface area contributed by atoms with Crippen molar-refractivity contribution in [3.8, 4) is 6.07 Å². The minimum Gasteiger partial charge on any atom is -0.354 e. The lowest BCUT2D eigenvalue weighted by Gasteiger charge is -2.35. The van der Waals surface area contributed by atoms with Crippen LogP contribution in [-0.2, 0) is 12.7 Å². The highest BCUT2D eigenvalue weighted by Crippen LogP contribution is 2.30. The van der Waals surface area contributed by atoms with Crippen LogP contribution in [-0.4, -0.2) is 41.0 Å². The van der Waals surface area contributed by atoms with E-state index in [1.54, 1.807) is 12.1 Å². The molecule has 1 fully saturated rings. The molecule has 0 aliphatic carbocycles. The van der Waals surface area contributed by atoms with Crippen LogP contribution in [0.5, 0.6) is 0 Å². The molecule has 1 saturated heterocycles. The van der Waals surface area contributed by atoms with Crippen LogP contribution in [0.4, 0.5) is 19.0 Å². The van der Waals surface area contributed by atoms with E-state index in [1.807, 2.05) is 21.9 Å². The summed E-state index contributed by atoms with van der Waals surface area (Å²) < 4.78 is 39.1. The second-order valence-corrected chi connectivity index (χ2v) is 5.76. The average Bonchev–Trinajstić information content (AvgIpc) is 2.62. The Morgan fingerprint density at radius 3 is 2.52 bits per heavy atom. The maximum atomic E-state index is 13.0. The summed E-state index contributed by atoms with van der Waals surface area (Å²) in [6.07, 6.45) is -3.28. The van der Waals surface area contributed by atoms with Crippen LogP contribution in [0.1, 0.15) is 17.0 Å². The first-order valence-corrected chi connectivity index (χ1v) is 7.83. The molecule has 3 heterocycles. The third-order valence-electron chi connectivity index (χ3n) is 4.10. The number of alkyl halides is 3. The molecule has 2 aromatic heterocycles. The molecule has 3 rings (SSSR count). The van der Waals surface area contributed by atoms with E-state index < -0.39 is 11.9 Å². The average molecular weight is 347 g/mol. The lowest BCUT2D eigenvalue weighted by Crippen LogP contribution is -2.46. The third kappa shape index (κ3) is 4.06. The van der Waals surface area contributed by atoms with Crippen molar-refractivity contribution in [3.05, 3.63) is 53.5 Å². The topological polar surface area (TPSA) is 56.1 Å².